The van der Waals surface area contributed by atoms with Crippen LogP contribution < -0.4 is 10.5 Å². The zero-order valence-corrected chi connectivity index (χ0v) is 14.0. The first-order valence-corrected chi connectivity index (χ1v) is 8.55. The van der Waals surface area contributed by atoms with Gasteiger partial charge in [0.05, 0.1) is 21.0 Å². The second-order valence-corrected chi connectivity index (χ2v) is 7.10. The Labute approximate surface area is 141 Å². The van der Waals surface area contributed by atoms with E-state index in [1.807, 2.05) is 0 Å². The molecule has 0 saturated heterocycles. The van der Waals surface area contributed by atoms with Gasteiger partial charge in [-0.05, 0) is 24.6 Å². The smallest absolute Gasteiger partial charge is 0.408 e. The van der Waals surface area contributed by atoms with Crippen LogP contribution in [0.5, 0.6) is 0 Å². The third-order valence-electron chi connectivity index (χ3n) is 3.75. The summed E-state index contributed by atoms with van der Waals surface area (Å²) in [6.07, 6.45) is 0. The van der Waals surface area contributed by atoms with E-state index < -0.39 is 20.7 Å². The van der Waals surface area contributed by atoms with Crippen molar-refractivity contribution in [2.45, 2.75) is 11.8 Å². The van der Waals surface area contributed by atoms with Gasteiger partial charge in [-0.15, -0.1) is 0 Å². The number of fused-ring (bicyclic) bond motifs is 1. The quantitative estimate of drug-likeness (QED) is 0.559. The van der Waals surface area contributed by atoms with Crippen LogP contribution in [0.4, 0.5) is 11.4 Å². The summed E-state index contributed by atoms with van der Waals surface area (Å²) in [6, 6.07) is 7.90. The molecule has 1 aromatic heterocycles. The van der Waals surface area contributed by atoms with Gasteiger partial charge >= 0.3 is 5.76 Å². The van der Waals surface area contributed by atoms with E-state index >= 15 is 0 Å². The van der Waals surface area contributed by atoms with Gasteiger partial charge in [0.2, 0.25) is 0 Å². The number of aryl methyl sites for hydroxylation is 2. The SMILES string of the molecule is Cc1ccc([N+](=O)[O-])cc1NS(=O)(=O)c1ccc2c(c1)oc(=O)n2C. The minimum Gasteiger partial charge on any atom is -0.408 e. The number of anilines is 1. The standard InChI is InChI=1S/C15H13N3O6S/c1-9-3-4-10(18(20)21)7-12(9)16-25(22,23)11-5-6-13-14(8-11)24-15(19)17(13)2/h3-8,16H,1-2H3. The first kappa shape index (κ1) is 16.7. The minimum atomic E-state index is -4.02. The van der Waals surface area contributed by atoms with E-state index in [1.165, 1.54) is 41.9 Å². The molecule has 0 aliphatic heterocycles. The number of sulfonamides is 1. The summed E-state index contributed by atoms with van der Waals surface area (Å²) in [6.45, 7) is 1.63. The fraction of sp³-hybridized carbons (Fsp3) is 0.133. The number of hydrogen-bond donors (Lipinski definition) is 1. The van der Waals surface area contributed by atoms with Crippen LogP contribution in [0.1, 0.15) is 5.56 Å². The number of nitro groups is 1. The Balaban J connectivity index is 2.04. The predicted octanol–water partition coefficient (Wildman–Crippen LogP) is 2.15. The topological polar surface area (TPSA) is 124 Å². The number of nitro benzene ring substituents is 1. The summed E-state index contributed by atoms with van der Waals surface area (Å²) in [5.41, 5.74) is 0.986. The average molecular weight is 363 g/mol. The van der Waals surface area contributed by atoms with Gasteiger partial charge in [0.15, 0.2) is 5.58 Å². The van der Waals surface area contributed by atoms with Crippen molar-refractivity contribution < 1.29 is 17.8 Å². The van der Waals surface area contributed by atoms with Gasteiger partial charge in [0, 0.05) is 25.2 Å². The van der Waals surface area contributed by atoms with E-state index in [2.05, 4.69) is 4.72 Å². The van der Waals surface area contributed by atoms with E-state index in [1.54, 1.807) is 6.92 Å². The largest absolute Gasteiger partial charge is 0.419 e. The van der Waals surface area contributed by atoms with E-state index in [9.17, 15) is 23.3 Å². The monoisotopic (exact) mass is 363 g/mol. The number of non-ortho nitro benzene ring substituents is 1. The lowest BCUT2D eigenvalue weighted by atomic mass is 10.2. The number of hydrogen-bond acceptors (Lipinski definition) is 6. The zero-order valence-electron chi connectivity index (χ0n) is 13.2. The number of oxazole rings is 1. The lowest BCUT2D eigenvalue weighted by Crippen LogP contribution is -2.14. The zero-order chi connectivity index (χ0) is 18.4. The van der Waals surface area contributed by atoms with Gasteiger partial charge in [-0.2, -0.15) is 0 Å². The Bertz CT molecular complexity index is 1160. The Morgan fingerprint density at radius 2 is 1.92 bits per heavy atom. The van der Waals surface area contributed by atoms with Gasteiger partial charge in [-0.25, -0.2) is 13.2 Å². The highest BCUT2D eigenvalue weighted by Crippen LogP contribution is 2.25. The highest BCUT2D eigenvalue weighted by atomic mass is 32.2. The Kier molecular flexibility index (Phi) is 3.84. The Hall–Kier alpha value is -3.14. The van der Waals surface area contributed by atoms with Crippen molar-refractivity contribution in [1.29, 1.82) is 0 Å². The molecular formula is C15H13N3O6S. The molecule has 0 bridgehead atoms. The van der Waals surface area contributed by atoms with Crippen LogP contribution in [0.3, 0.4) is 0 Å². The molecular weight excluding hydrogens is 350 g/mol. The van der Waals surface area contributed by atoms with Crippen molar-refractivity contribution in [2.75, 3.05) is 4.72 Å². The molecule has 0 aliphatic carbocycles. The van der Waals surface area contributed by atoms with Crippen LogP contribution in [-0.2, 0) is 17.1 Å². The molecule has 0 radical (unpaired) electrons. The minimum absolute atomic E-state index is 0.101. The lowest BCUT2D eigenvalue weighted by Gasteiger charge is -2.10. The van der Waals surface area contributed by atoms with Crippen LogP contribution in [0.15, 0.2) is 50.5 Å². The van der Waals surface area contributed by atoms with Gasteiger partial charge in [-0.3, -0.25) is 19.4 Å². The van der Waals surface area contributed by atoms with Crippen LogP contribution in [0.2, 0.25) is 0 Å². The van der Waals surface area contributed by atoms with Gasteiger partial charge < -0.3 is 4.42 Å². The van der Waals surface area contributed by atoms with Gasteiger partial charge in [0.1, 0.15) is 0 Å². The van der Waals surface area contributed by atoms with Crippen LogP contribution in [0.25, 0.3) is 11.1 Å². The molecule has 0 amide bonds. The molecule has 0 atom stereocenters. The molecule has 3 rings (SSSR count). The molecule has 9 nitrogen and oxygen atoms in total. The van der Waals surface area contributed by atoms with E-state index in [0.29, 0.717) is 11.1 Å². The number of nitrogens with zero attached hydrogens (tertiary/aromatic N) is 2. The molecule has 0 spiro atoms. The molecule has 3 aromatic rings. The van der Waals surface area contributed by atoms with Crippen molar-refractivity contribution in [3.05, 3.63) is 62.6 Å². The number of rotatable bonds is 4. The summed E-state index contributed by atoms with van der Waals surface area (Å²) < 4.78 is 33.7. The molecule has 2 aromatic carbocycles. The first-order chi connectivity index (χ1) is 11.7. The second-order valence-electron chi connectivity index (χ2n) is 5.42. The lowest BCUT2D eigenvalue weighted by molar-refractivity contribution is -0.384. The van der Waals surface area contributed by atoms with Crippen LogP contribution >= 0.6 is 0 Å². The first-order valence-electron chi connectivity index (χ1n) is 7.06. The fourth-order valence-electron chi connectivity index (χ4n) is 2.32. The summed E-state index contributed by atoms with van der Waals surface area (Å²) >= 11 is 0. The average Bonchev–Trinajstić information content (AvgIpc) is 2.83. The van der Waals surface area contributed by atoms with Gasteiger partial charge in [0.25, 0.3) is 15.7 Å². The maximum atomic E-state index is 12.6. The van der Waals surface area contributed by atoms with Crippen molar-refractivity contribution >= 4 is 32.5 Å². The maximum Gasteiger partial charge on any atom is 0.419 e. The van der Waals surface area contributed by atoms with E-state index in [4.69, 9.17) is 4.42 Å². The molecule has 0 fully saturated rings. The maximum absolute atomic E-state index is 12.6. The van der Waals surface area contributed by atoms with E-state index in [-0.39, 0.29) is 21.9 Å². The summed E-state index contributed by atoms with van der Waals surface area (Å²) in [5.74, 6) is -0.605. The predicted molar refractivity (Wildman–Crippen MR) is 90.1 cm³/mol. The highest BCUT2D eigenvalue weighted by Gasteiger charge is 2.19. The summed E-state index contributed by atoms with van der Waals surface area (Å²) in [7, 11) is -2.51. The van der Waals surface area contributed by atoms with Gasteiger partial charge in [-0.1, -0.05) is 6.07 Å². The summed E-state index contributed by atoms with van der Waals surface area (Å²) in [5, 5.41) is 10.9. The van der Waals surface area contributed by atoms with Crippen molar-refractivity contribution in [1.82, 2.24) is 4.57 Å². The van der Waals surface area contributed by atoms with Crippen LogP contribution in [0, 0.1) is 17.0 Å². The number of benzene rings is 2. The second kappa shape index (κ2) is 5.74. The molecule has 25 heavy (non-hydrogen) atoms. The van der Waals surface area contributed by atoms with E-state index in [0.717, 1.165) is 6.07 Å². The Morgan fingerprint density at radius 3 is 2.60 bits per heavy atom. The molecule has 0 saturated carbocycles. The van der Waals surface area contributed by atoms with Crippen molar-refractivity contribution in [2.24, 2.45) is 7.05 Å². The molecule has 0 unspecified atom stereocenters. The molecule has 130 valence electrons. The molecule has 0 aliphatic rings. The normalized spacial score (nSPS) is 11.6. The van der Waals surface area contributed by atoms with Crippen molar-refractivity contribution in [3.8, 4) is 0 Å². The third-order valence-corrected chi connectivity index (χ3v) is 5.11. The highest BCUT2D eigenvalue weighted by molar-refractivity contribution is 7.92. The fourth-order valence-corrected chi connectivity index (χ4v) is 3.46. The molecule has 10 heteroatoms. The number of nitrogens with one attached hydrogen (secondary N) is 1. The third kappa shape index (κ3) is 2.98. The Morgan fingerprint density at radius 1 is 1.20 bits per heavy atom. The molecule has 1 heterocycles. The van der Waals surface area contributed by atoms with Crippen molar-refractivity contribution in [3.63, 3.8) is 0 Å². The van der Waals surface area contributed by atoms with Crippen LogP contribution in [-0.4, -0.2) is 17.9 Å². The summed E-state index contributed by atoms with van der Waals surface area (Å²) in [4.78, 5) is 21.6. The number of aromatic nitrogens is 1. The molecule has 1 N–H and O–H groups in total.